The number of carbonyl (C=O) groups is 2. The summed E-state index contributed by atoms with van der Waals surface area (Å²) in [6, 6.07) is 7.53. The Morgan fingerprint density at radius 3 is 2.72 bits per heavy atom. The third-order valence-corrected chi connectivity index (χ3v) is 6.19. The van der Waals surface area contributed by atoms with Crippen LogP contribution in [0.15, 0.2) is 57.6 Å². The van der Waals surface area contributed by atoms with E-state index in [0.717, 1.165) is 34.6 Å². The highest BCUT2D eigenvalue weighted by Gasteiger charge is 2.42. The maximum absolute atomic E-state index is 13.3. The molecule has 0 spiro atoms. The maximum atomic E-state index is 13.3. The number of hydrogen-bond acceptors (Lipinski definition) is 5. The van der Waals surface area contributed by atoms with Crippen molar-refractivity contribution in [2.24, 2.45) is 5.41 Å². The highest BCUT2D eigenvalue weighted by Crippen LogP contribution is 2.47. The number of pyridine rings is 1. The number of dihydropyridines is 1. The van der Waals surface area contributed by atoms with Gasteiger partial charge in [0.15, 0.2) is 5.78 Å². The van der Waals surface area contributed by atoms with Gasteiger partial charge in [-0.25, -0.2) is 4.98 Å². The van der Waals surface area contributed by atoms with E-state index in [0.29, 0.717) is 17.8 Å². The highest BCUT2D eigenvalue weighted by atomic mass is 32.1. The summed E-state index contributed by atoms with van der Waals surface area (Å²) in [4.78, 5) is 30.9. The molecule has 5 nitrogen and oxygen atoms in total. The standard InChI is InChI=1S/C23H25N3O2S/c1-13-6-5-7-18(24-13)26-22(28)19-14(2)25-16-10-23(3,4)11-17(27)21(16)20(19)15-8-9-29-12-15/h5-9,12,20,25H,10-11H2,1-4H3,(H,24,26,28)/t20-/m1/s1. The quantitative estimate of drug-likeness (QED) is 0.774. The predicted molar refractivity (Wildman–Crippen MR) is 116 cm³/mol. The van der Waals surface area contributed by atoms with Gasteiger partial charge < -0.3 is 10.6 Å². The van der Waals surface area contributed by atoms with Crippen molar-refractivity contribution >= 4 is 28.8 Å². The molecule has 0 fully saturated rings. The molecule has 150 valence electrons. The van der Waals surface area contributed by atoms with E-state index in [9.17, 15) is 9.59 Å². The van der Waals surface area contributed by atoms with Gasteiger partial charge in [0, 0.05) is 40.6 Å². The molecule has 2 aliphatic rings. The summed E-state index contributed by atoms with van der Waals surface area (Å²) in [5.74, 6) is 0.0427. The molecule has 1 aliphatic carbocycles. The lowest BCUT2D eigenvalue weighted by Gasteiger charge is -2.39. The molecular formula is C23H25N3O2S. The number of aryl methyl sites for hydroxylation is 1. The maximum Gasteiger partial charge on any atom is 0.255 e. The Morgan fingerprint density at radius 2 is 2.03 bits per heavy atom. The lowest BCUT2D eigenvalue weighted by molar-refractivity contribution is -0.118. The smallest absolute Gasteiger partial charge is 0.255 e. The number of ketones is 1. The van der Waals surface area contributed by atoms with Gasteiger partial charge in [-0.1, -0.05) is 19.9 Å². The van der Waals surface area contributed by atoms with Crippen molar-refractivity contribution < 1.29 is 9.59 Å². The first-order valence-electron chi connectivity index (χ1n) is 9.76. The van der Waals surface area contributed by atoms with Crippen molar-refractivity contribution in [2.45, 2.75) is 46.5 Å². The van der Waals surface area contributed by atoms with Crippen LogP contribution in [-0.4, -0.2) is 16.7 Å². The van der Waals surface area contributed by atoms with Gasteiger partial charge in [-0.05, 0) is 60.2 Å². The first-order valence-corrected chi connectivity index (χ1v) is 10.7. The average Bonchev–Trinajstić information content (AvgIpc) is 3.13. The summed E-state index contributed by atoms with van der Waals surface area (Å²) in [5.41, 5.74) is 4.78. The number of nitrogens with zero attached hydrogens (tertiary/aromatic N) is 1. The van der Waals surface area contributed by atoms with Gasteiger partial charge >= 0.3 is 0 Å². The van der Waals surface area contributed by atoms with Crippen LogP contribution in [0.25, 0.3) is 0 Å². The Morgan fingerprint density at radius 1 is 1.24 bits per heavy atom. The van der Waals surface area contributed by atoms with Gasteiger partial charge in [0.1, 0.15) is 5.82 Å². The first-order chi connectivity index (χ1) is 13.7. The van der Waals surface area contributed by atoms with Crippen molar-refractivity contribution in [1.82, 2.24) is 10.3 Å². The van der Waals surface area contributed by atoms with Crippen LogP contribution in [0.2, 0.25) is 0 Å². The largest absolute Gasteiger partial charge is 0.362 e. The second-order valence-electron chi connectivity index (χ2n) is 8.60. The summed E-state index contributed by atoms with van der Waals surface area (Å²) in [6.07, 6.45) is 1.28. The Bertz CT molecular complexity index is 1050. The molecular weight excluding hydrogens is 382 g/mol. The molecule has 0 aromatic carbocycles. The number of anilines is 1. The molecule has 3 heterocycles. The second kappa shape index (κ2) is 7.26. The molecule has 1 amide bonds. The molecule has 2 N–H and O–H groups in total. The number of Topliss-reactive ketones (excluding diaryl/α,β-unsaturated/α-hetero) is 1. The Balaban J connectivity index is 1.77. The molecule has 2 aromatic heterocycles. The fourth-order valence-corrected chi connectivity index (χ4v) is 4.99. The van der Waals surface area contributed by atoms with E-state index in [1.54, 1.807) is 17.4 Å². The zero-order valence-corrected chi connectivity index (χ0v) is 17.9. The highest BCUT2D eigenvalue weighted by molar-refractivity contribution is 7.08. The van der Waals surface area contributed by atoms with E-state index in [1.165, 1.54) is 0 Å². The van der Waals surface area contributed by atoms with Gasteiger partial charge in [-0.15, -0.1) is 0 Å². The SMILES string of the molecule is CC1=C(C(=O)Nc2cccc(C)n2)[C@@H](c2ccsc2)C2=C(CC(C)(C)CC2=O)N1. The summed E-state index contributed by atoms with van der Waals surface area (Å²) >= 11 is 1.57. The molecule has 0 unspecified atom stereocenters. The summed E-state index contributed by atoms with van der Waals surface area (Å²) < 4.78 is 0. The third-order valence-electron chi connectivity index (χ3n) is 5.49. The van der Waals surface area contributed by atoms with Crippen LogP contribution in [0, 0.1) is 12.3 Å². The van der Waals surface area contributed by atoms with Crippen molar-refractivity contribution in [3.8, 4) is 0 Å². The van der Waals surface area contributed by atoms with E-state index >= 15 is 0 Å². The van der Waals surface area contributed by atoms with Crippen molar-refractivity contribution in [1.29, 1.82) is 0 Å². The van der Waals surface area contributed by atoms with Gasteiger partial charge in [0.2, 0.25) is 0 Å². The minimum atomic E-state index is -0.356. The Hall–Kier alpha value is -2.73. The molecule has 1 aliphatic heterocycles. The zero-order chi connectivity index (χ0) is 20.8. The molecule has 0 saturated heterocycles. The first kappa shape index (κ1) is 19.6. The Kier molecular flexibility index (Phi) is 4.90. The molecule has 0 bridgehead atoms. The number of hydrogen-bond donors (Lipinski definition) is 2. The van der Waals surface area contributed by atoms with E-state index in [-0.39, 0.29) is 23.0 Å². The molecule has 0 saturated carbocycles. The predicted octanol–water partition coefficient (Wildman–Crippen LogP) is 4.69. The van der Waals surface area contributed by atoms with Crippen LogP contribution >= 0.6 is 11.3 Å². The topological polar surface area (TPSA) is 71.1 Å². The number of nitrogens with one attached hydrogen (secondary N) is 2. The van der Waals surface area contributed by atoms with E-state index in [2.05, 4.69) is 29.5 Å². The minimum Gasteiger partial charge on any atom is -0.362 e. The fraction of sp³-hybridized carbons (Fsp3) is 0.348. The van der Waals surface area contributed by atoms with Gasteiger partial charge in [0.25, 0.3) is 5.91 Å². The summed E-state index contributed by atoms with van der Waals surface area (Å²) in [7, 11) is 0. The van der Waals surface area contributed by atoms with Crippen LogP contribution in [0.1, 0.15) is 50.8 Å². The van der Waals surface area contributed by atoms with Crippen LogP contribution in [-0.2, 0) is 9.59 Å². The van der Waals surface area contributed by atoms with Crippen LogP contribution in [0.4, 0.5) is 5.82 Å². The lowest BCUT2D eigenvalue weighted by atomic mass is 9.69. The van der Waals surface area contributed by atoms with Crippen molar-refractivity contribution in [3.05, 3.63) is 68.8 Å². The molecule has 2 aromatic rings. The number of allylic oxidation sites excluding steroid dienone is 3. The lowest BCUT2D eigenvalue weighted by Crippen LogP contribution is -2.39. The average molecular weight is 408 g/mol. The van der Waals surface area contributed by atoms with Crippen LogP contribution in [0.5, 0.6) is 0 Å². The van der Waals surface area contributed by atoms with Crippen LogP contribution < -0.4 is 10.6 Å². The number of thiophene rings is 1. The summed E-state index contributed by atoms with van der Waals surface area (Å²) in [5, 5.41) is 10.3. The monoisotopic (exact) mass is 407 g/mol. The third kappa shape index (κ3) is 3.77. The number of aromatic nitrogens is 1. The van der Waals surface area contributed by atoms with E-state index < -0.39 is 0 Å². The number of amides is 1. The molecule has 4 rings (SSSR count). The van der Waals surface area contributed by atoms with Crippen molar-refractivity contribution in [2.75, 3.05) is 5.32 Å². The van der Waals surface area contributed by atoms with Crippen molar-refractivity contribution in [3.63, 3.8) is 0 Å². The van der Waals surface area contributed by atoms with E-state index in [1.807, 2.05) is 42.8 Å². The molecule has 6 heteroatoms. The normalized spacial score (nSPS) is 21.0. The second-order valence-corrected chi connectivity index (χ2v) is 9.38. The van der Waals surface area contributed by atoms with Gasteiger partial charge in [-0.2, -0.15) is 11.3 Å². The van der Waals surface area contributed by atoms with E-state index in [4.69, 9.17) is 0 Å². The van der Waals surface area contributed by atoms with Gasteiger partial charge in [0.05, 0.1) is 0 Å². The van der Waals surface area contributed by atoms with Crippen LogP contribution in [0.3, 0.4) is 0 Å². The van der Waals surface area contributed by atoms with Gasteiger partial charge in [-0.3, -0.25) is 9.59 Å². The fourth-order valence-electron chi connectivity index (χ4n) is 4.31. The Labute approximate surface area is 174 Å². The summed E-state index contributed by atoms with van der Waals surface area (Å²) in [6.45, 7) is 8.02. The number of rotatable bonds is 3. The molecule has 0 radical (unpaired) electrons. The molecule has 29 heavy (non-hydrogen) atoms. The molecule has 1 atom stereocenters. The minimum absolute atomic E-state index is 0.0896. The zero-order valence-electron chi connectivity index (χ0n) is 17.1. The number of carbonyl (C=O) groups excluding carboxylic acids is 2.